The molecule has 0 aliphatic heterocycles. The second kappa shape index (κ2) is 4.63. The predicted octanol–water partition coefficient (Wildman–Crippen LogP) is 0.900. The van der Waals surface area contributed by atoms with Crippen molar-refractivity contribution >= 4 is 11.0 Å². The Bertz CT molecular complexity index is 569. The number of aromatic nitrogens is 2. The van der Waals surface area contributed by atoms with Gasteiger partial charge in [0.1, 0.15) is 5.75 Å². The van der Waals surface area contributed by atoms with Crippen molar-refractivity contribution in [2.24, 2.45) is 0 Å². The molecular weight excluding hydrogens is 218 g/mol. The monoisotopic (exact) mass is 235 g/mol. The lowest BCUT2D eigenvalue weighted by molar-refractivity contribution is 0.384. The van der Waals surface area contributed by atoms with E-state index in [-0.39, 0.29) is 5.69 Å². The number of H-pyrrole nitrogens is 1. The third-order valence-electron chi connectivity index (χ3n) is 2.75. The molecule has 5 heteroatoms. The number of nitrogens with zero attached hydrogens (tertiary/aromatic N) is 2. The number of imidazole rings is 1. The molecule has 92 valence electrons. The summed E-state index contributed by atoms with van der Waals surface area (Å²) >= 11 is 0. The van der Waals surface area contributed by atoms with Crippen molar-refractivity contribution in [1.29, 1.82) is 0 Å². The van der Waals surface area contributed by atoms with Crippen LogP contribution in [0.1, 0.15) is 0 Å². The van der Waals surface area contributed by atoms with Crippen LogP contribution in [0.3, 0.4) is 0 Å². The van der Waals surface area contributed by atoms with Crippen LogP contribution in [0.25, 0.3) is 11.0 Å². The van der Waals surface area contributed by atoms with E-state index in [1.54, 1.807) is 11.7 Å². The molecule has 0 saturated carbocycles. The maximum Gasteiger partial charge on any atom is 0.326 e. The predicted molar refractivity (Wildman–Crippen MR) is 67.7 cm³/mol. The zero-order valence-electron chi connectivity index (χ0n) is 10.4. The third-order valence-corrected chi connectivity index (χ3v) is 2.75. The molecule has 0 bridgehead atoms. The highest BCUT2D eigenvalue weighted by atomic mass is 16.5. The van der Waals surface area contributed by atoms with Crippen LogP contribution in [0, 0.1) is 0 Å². The van der Waals surface area contributed by atoms with Crippen molar-refractivity contribution in [1.82, 2.24) is 14.5 Å². The van der Waals surface area contributed by atoms with E-state index >= 15 is 0 Å². The number of rotatable bonds is 4. The minimum Gasteiger partial charge on any atom is -0.497 e. The van der Waals surface area contributed by atoms with Crippen molar-refractivity contribution in [2.45, 2.75) is 6.54 Å². The Morgan fingerprint density at radius 2 is 2.18 bits per heavy atom. The van der Waals surface area contributed by atoms with Gasteiger partial charge in [-0.15, -0.1) is 0 Å². The average molecular weight is 235 g/mol. The van der Waals surface area contributed by atoms with E-state index in [0.29, 0.717) is 6.54 Å². The summed E-state index contributed by atoms with van der Waals surface area (Å²) in [4.78, 5) is 16.7. The van der Waals surface area contributed by atoms with Crippen molar-refractivity contribution < 1.29 is 4.74 Å². The molecule has 0 amide bonds. The number of hydrogen-bond acceptors (Lipinski definition) is 3. The van der Waals surface area contributed by atoms with E-state index in [4.69, 9.17) is 4.74 Å². The first-order valence-electron chi connectivity index (χ1n) is 5.53. The van der Waals surface area contributed by atoms with Crippen LogP contribution >= 0.6 is 0 Å². The van der Waals surface area contributed by atoms with Gasteiger partial charge in [0.25, 0.3) is 0 Å². The van der Waals surface area contributed by atoms with Gasteiger partial charge in [-0.25, -0.2) is 4.79 Å². The summed E-state index contributed by atoms with van der Waals surface area (Å²) in [7, 11) is 5.59. The first-order chi connectivity index (χ1) is 8.11. The van der Waals surface area contributed by atoms with Crippen LogP contribution in [0.4, 0.5) is 0 Å². The summed E-state index contributed by atoms with van der Waals surface area (Å²) in [6, 6.07) is 5.60. The lowest BCUT2D eigenvalue weighted by atomic mass is 10.3. The molecule has 1 aromatic heterocycles. The van der Waals surface area contributed by atoms with Crippen LogP contribution in [-0.4, -0.2) is 42.2 Å². The van der Waals surface area contributed by atoms with E-state index in [0.717, 1.165) is 23.3 Å². The normalized spacial score (nSPS) is 11.3. The summed E-state index contributed by atoms with van der Waals surface area (Å²) < 4.78 is 6.87. The molecular formula is C12H17N3O2. The molecule has 2 rings (SSSR count). The largest absolute Gasteiger partial charge is 0.497 e. The number of methoxy groups -OCH3 is 1. The number of likely N-dealkylation sites (N-methyl/N-ethyl adjacent to an activating group) is 1. The molecule has 0 fully saturated rings. The standard InChI is InChI=1S/C12H17N3O2/c1-14(2)6-7-15-11-5-4-9(17-3)8-10(11)13-12(15)16/h4-5,8H,6-7H2,1-3H3,(H,13,16). The lowest BCUT2D eigenvalue weighted by Gasteiger charge is -2.09. The van der Waals surface area contributed by atoms with Gasteiger partial charge in [0.15, 0.2) is 0 Å². The van der Waals surface area contributed by atoms with Crippen LogP contribution in [0.15, 0.2) is 23.0 Å². The number of benzene rings is 1. The van der Waals surface area contributed by atoms with Gasteiger partial charge < -0.3 is 14.6 Å². The minimum absolute atomic E-state index is 0.0740. The summed E-state index contributed by atoms with van der Waals surface area (Å²) in [6.45, 7) is 1.51. The summed E-state index contributed by atoms with van der Waals surface area (Å²) in [6.07, 6.45) is 0. The molecule has 1 N–H and O–H groups in total. The number of nitrogens with one attached hydrogen (secondary N) is 1. The number of ether oxygens (including phenoxy) is 1. The number of fused-ring (bicyclic) bond motifs is 1. The van der Waals surface area contributed by atoms with Gasteiger partial charge in [-0.05, 0) is 26.2 Å². The highest BCUT2D eigenvalue weighted by Gasteiger charge is 2.07. The molecule has 0 atom stereocenters. The summed E-state index contributed by atoms with van der Waals surface area (Å²) in [5.41, 5.74) is 1.65. The lowest BCUT2D eigenvalue weighted by Crippen LogP contribution is -2.24. The fourth-order valence-corrected chi connectivity index (χ4v) is 1.79. The van der Waals surface area contributed by atoms with Gasteiger partial charge in [-0.2, -0.15) is 0 Å². The Hall–Kier alpha value is -1.75. The number of hydrogen-bond donors (Lipinski definition) is 1. The summed E-state index contributed by atoms with van der Waals surface area (Å²) in [5.74, 6) is 0.749. The first-order valence-corrected chi connectivity index (χ1v) is 5.53. The van der Waals surface area contributed by atoms with Crippen molar-refractivity contribution in [3.8, 4) is 5.75 Å². The fraction of sp³-hybridized carbons (Fsp3) is 0.417. The minimum atomic E-state index is -0.0740. The van der Waals surface area contributed by atoms with Crippen LogP contribution in [-0.2, 0) is 6.54 Å². The van der Waals surface area contributed by atoms with E-state index < -0.39 is 0 Å². The molecule has 0 aliphatic rings. The highest BCUT2D eigenvalue weighted by molar-refractivity contribution is 5.76. The number of aromatic amines is 1. The zero-order valence-corrected chi connectivity index (χ0v) is 10.4. The van der Waals surface area contributed by atoms with Gasteiger partial charge >= 0.3 is 5.69 Å². The molecule has 0 unspecified atom stereocenters. The molecule has 2 aromatic rings. The molecule has 0 spiro atoms. The Morgan fingerprint density at radius 3 is 2.82 bits per heavy atom. The Morgan fingerprint density at radius 1 is 1.41 bits per heavy atom. The van der Waals surface area contributed by atoms with Crippen molar-refractivity contribution in [2.75, 3.05) is 27.7 Å². The fourth-order valence-electron chi connectivity index (χ4n) is 1.79. The SMILES string of the molecule is COc1ccc2c(c1)[nH]c(=O)n2CCN(C)C. The van der Waals surface area contributed by atoms with Crippen LogP contribution in [0.5, 0.6) is 5.75 Å². The first kappa shape index (κ1) is 11.7. The van der Waals surface area contributed by atoms with Crippen LogP contribution in [0.2, 0.25) is 0 Å². The van der Waals surface area contributed by atoms with Gasteiger partial charge in [0.05, 0.1) is 18.1 Å². The smallest absolute Gasteiger partial charge is 0.326 e. The van der Waals surface area contributed by atoms with Gasteiger partial charge in [0.2, 0.25) is 0 Å². The average Bonchev–Trinajstić information content (AvgIpc) is 2.60. The topological polar surface area (TPSA) is 50.3 Å². The molecule has 17 heavy (non-hydrogen) atoms. The molecule has 5 nitrogen and oxygen atoms in total. The second-order valence-electron chi connectivity index (χ2n) is 4.27. The van der Waals surface area contributed by atoms with Crippen molar-refractivity contribution in [3.05, 3.63) is 28.7 Å². The highest BCUT2D eigenvalue weighted by Crippen LogP contribution is 2.17. The third kappa shape index (κ3) is 2.34. The summed E-state index contributed by atoms with van der Waals surface area (Å²) in [5, 5.41) is 0. The van der Waals surface area contributed by atoms with E-state index in [9.17, 15) is 4.79 Å². The zero-order chi connectivity index (χ0) is 12.4. The maximum atomic E-state index is 11.8. The molecule has 1 heterocycles. The molecule has 0 saturated heterocycles. The van der Waals surface area contributed by atoms with Gasteiger partial charge in [-0.1, -0.05) is 0 Å². The molecule has 0 aliphatic carbocycles. The van der Waals surface area contributed by atoms with Gasteiger partial charge in [0, 0.05) is 19.2 Å². The Balaban J connectivity index is 2.42. The van der Waals surface area contributed by atoms with Crippen LogP contribution < -0.4 is 10.4 Å². The molecule has 0 radical (unpaired) electrons. The molecule has 1 aromatic carbocycles. The van der Waals surface area contributed by atoms with E-state index in [1.165, 1.54) is 0 Å². The van der Waals surface area contributed by atoms with E-state index in [1.807, 2.05) is 32.3 Å². The van der Waals surface area contributed by atoms with Gasteiger partial charge in [-0.3, -0.25) is 4.57 Å². The van der Waals surface area contributed by atoms with E-state index in [2.05, 4.69) is 9.88 Å². The maximum absolute atomic E-state index is 11.8. The Labute approximate surface area is 99.6 Å². The second-order valence-corrected chi connectivity index (χ2v) is 4.27. The quantitative estimate of drug-likeness (QED) is 0.856. The Kier molecular flexibility index (Phi) is 3.19. The van der Waals surface area contributed by atoms with Crippen molar-refractivity contribution in [3.63, 3.8) is 0 Å².